The summed E-state index contributed by atoms with van der Waals surface area (Å²) >= 11 is 3.43. The summed E-state index contributed by atoms with van der Waals surface area (Å²) in [5.74, 6) is -0.773. The fourth-order valence-electron chi connectivity index (χ4n) is 2.26. The van der Waals surface area contributed by atoms with Gasteiger partial charge in [0, 0.05) is 10.5 Å². The van der Waals surface area contributed by atoms with Crippen molar-refractivity contribution in [1.82, 2.24) is 0 Å². The zero-order valence-corrected chi connectivity index (χ0v) is 10.6. The fraction of sp³-hybridized carbons (Fsp3) is 0.417. The van der Waals surface area contributed by atoms with Crippen LogP contribution < -0.4 is 5.73 Å². The van der Waals surface area contributed by atoms with E-state index in [2.05, 4.69) is 15.9 Å². The first-order valence-corrected chi connectivity index (χ1v) is 6.00. The van der Waals surface area contributed by atoms with E-state index >= 15 is 0 Å². The predicted octanol–water partition coefficient (Wildman–Crippen LogP) is 2.20. The molecule has 1 saturated carbocycles. The molecule has 0 spiro atoms. The van der Waals surface area contributed by atoms with Gasteiger partial charge in [0.1, 0.15) is 0 Å². The monoisotopic (exact) mass is 283 g/mol. The molecule has 1 aliphatic carbocycles. The molecule has 16 heavy (non-hydrogen) atoms. The summed E-state index contributed by atoms with van der Waals surface area (Å²) in [7, 11) is 0. The summed E-state index contributed by atoms with van der Waals surface area (Å²) in [5.41, 5.74) is 6.90. The minimum atomic E-state index is -0.773. The Morgan fingerprint density at radius 1 is 1.56 bits per heavy atom. The molecule has 1 aliphatic rings. The molecule has 1 aromatic rings. The smallest absolute Gasteiger partial charge is 0.314 e. The van der Waals surface area contributed by atoms with Gasteiger partial charge in [0.05, 0.1) is 5.41 Å². The van der Waals surface area contributed by atoms with Gasteiger partial charge < -0.3 is 10.8 Å². The van der Waals surface area contributed by atoms with Crippen molar-refractivity contribution in [2.75, 3.05) is 0 Å². The molecular weight excluding hydrogens is 270 g/mol. The number of hydrogen-bond donors (Lipinski definition) is 2. The van der Waals surface area contributed by atoms with Gasteiger partial charge in [-0.1, -0.05) is 28.1 Å². The van der Waals surface area contributed by atoms with Gasteiger partial charge in [-0.15, -0.1) is 0 Å². The van der Waals surface area contributed by atoms with Gasteiger partial charge in [0.25, 0.3) is 0 Å². The van der Waals surface area contributed by atoms with Crippen molar-refractivity contribution < 1.29 is 9.90 Å². The van der Waals surface area contributed by atoms with Crippen molar-refractivity contribution in [3.05, 3.63) is 33.8 Å². The van der Waals surface area contributed by atoms with Crippen molar-refractivity contribution in [2.24, 2.45) is 5.73 Å². The number of nitrogens with two attached hydrogens (primary N) is 1. The van der Waals surface area contributed by atoms with Gasteiger partial charge in [-0.2, -0.15) is 0 Å². The van der Waals surface area contributed by atoms with Crippen LogP contribution in [0.1, 0.15) is 24.0 Å². The first kappa shape index (κ1) is 11.6. The zero-order chi connectivity index (χ0) is 11.9. The van der Waals surface area contributed by atoms with E-state index in [0.717, 1.165) is 15.6 Å². The molecule has 2 rings (SSSR count). The van der Waals surface area contributed by atoms with Crippen LogP contribution in [0.3, 0.4) is 0 Å². The quantitative estimate of drug-likeness (QED) is 0.875. The van der Waals surface area contributed by atoms with Crippen LogP contribution in [-0.2, 0) is 10.2 Å². The van der Waals surface area contributed by atoms with E-state index in [1.54, 1.807) is 0 Å². The summed E-state index contributed by atoms with van der Waals surface area (Å²) in [6.07, 6.45) is 1.05. The lowest BCUT2D eigenvalue weighted by Crippen LogP contribution is -2.54. The van der Waals surface area contributed by atoms with Crippen LogP contribution in [-0.4, -0.2) is 17.1 Å². The molecule has 0 aliphatic heterocycles. The molecule has 0 saturated heterocycles. The van der Waals surface area contributed by atoms with Gasteiger partial charge in [0.2, 0.25) is 0 Å². The third-order valence-electron chi connectivity index (χ3n) is 3.36. The summed E-state index contributed by atoms with van der Waals surface area (Å²) in [6, 6.07) is 5.74. The molecule has 0 heterocycles. The van der Waals surface area contributed by atoms with E-state index < -0.39 is 11.4 Å². The highest BCUT2D eigenvalue weighted by atomic mass is 79.9. The molecule has 86 valence electrons. The normalized spacial score (nSPS) is 28.6. The maximum absolute atomic E-state index is 11.4. The maximum atomic E-state index is 11.4. The Labute approximate surface area is 103 Å². The second-order valence-electron chi connectivity index (χ2n) is 4.52. The van der Waals surface area contributed by atoms with Crippen LogP contribution in [0, 0.1) is 6.92 Å². The Kier molecular flexibility index (Phi) is 2.80. The number of benzene rings is 1. The first-order valence-electron chi connectivity index (χ1n) is 5.21. The number of carboxylic acids is 1. The first-order chi connectivity index (χ1) is 7.45. The van der Waals surface area contributed by atoms with Gasteiger partial charge in [-0.05, 0) is 37.0 Å². The second-order valence-corrected chi connectivity index (χ2v) is 5.37. The van der Waals surface area contributed by atoms with Crippen LogP contribution in [0.25, 0.3) is 0 Å². The molecule has 0 radical (unpaired) electrons. The molecule has 3 N–H and O–H groups in total. The van der Waals surface area contributed by atoms with Crippen molar-refractivity contribution >= 4 is 21.9 Å². The average molecular weight is 284 g/mol. The lowest BCUT2D eigenvalue weighted by molar-refractivity contribution is -0.148. The van der Waals surface area contributed by atoms with E-state index in [1.165, 1.54) is 0 Å². The van der Waals surface area contributed by atoms with E-state index in [0.29, 0.717) is 12.8 Å². The highest BCUT2D eigenvalue weighted by molar-refractivity contribution is 9.10. The lowest BCUT2D eigenvalue weighted by atomic mass is 9.62. The minimum Gasteiger partial charge on any atom is -0.481 e. The average Bonchev–Trinajstić information content (AvgIpc) is 2.17. The van der Waals surface area contributed by atoms with Gasteiger partial charge in [0.15, 0.2) is 0 Å². The molecule has 0 aromatic heterocycles. The molecule has 0 atom stereocenters. The number of aliphatic carboxylic acids is 1. The molecular formula is C12H14BrNO2. The topological polar surface area (TPSA) is 63.3 Å². The molecule has 0 unspecified atom stereocenters. The third-order valence-corrected chi connectivity index (χ3v) is 4.21. The minimum absolute atomic E-state index is 0.0104. The number of carboxylic acid groups (broad SMARTS) is 1. The Morgan fingerprint density at radius 2 is 2.19 bits per heavy atom. The Morgan fingerprint density at radius 3 is 2.62 bits per heavy atom. The van der Waals surface area contributed by atoms with Gasteiger partial charge in [-0.3, -0.25) is 4.79 Å². The fourth-order valence-corrected chi connectivity index (χ4v) is 2.64. The highest BCUT2D eigenvalue weighted by Crippen LogP contribution is 2.44. The summed E-state index contributed by atoms with van der Waals surface area (Å²) < 4.78 is 0.950. The molecule has 0 amide bonds. The number of aryl methyl sites for hydroxylation is 1. The number of hydrogen-bond acceptors (Lipinski definition) is 2. The van der Waals surface area contributed by atoms with Crippen molar-refractivity contribution in [1.29, 1.82) is 0 Å². The molecule has 3 nitrogen and oxygen atoms in total. The predicted molar refractivity (Wildman–Crippen MR) is 65.4 cm³/mol. The Bertz CT molecular complexity index is 439. The Balaban J connectivity index is 2.41. The van der Waals surface area contributed by atoms with Crippen LogP contribution in [0.4, 0.5) is 0 Å². The highest BCUT2D eigenvalue weighted by Gasteiger charge is 2.50. The maximum Gasteiger partial charge on any atom is 0.314 e. The summed E-state index contributed by atoms with van der Waals surface area (Å²) in [4.78, 5) is 11.4. The molecule has 0 bridgehead atoms. The number of rotatable bonds is 2. The van der Waals surface area contributed by atoms with Crippen LogP contribution in [0.2, 0.25) is 0 Å². The Hall–Kier alpha value is -0.870. The molecule has 1 fully saturated rings. The SMILES string of the molecule is Cc1ccc(C2(C(=O)O)CC(N)C2)cc1Br. The largest absolute Gasteiger partial charge is 0.481 e. The van der Waals surface area contributed by atoms with Crippen LogP contribution in [0.5, 0.6) is 0 Å². The molecule has 1 aromatic carbocycles. The van der Waals surface area contributed by atoms with Gasteiger partial charge in [-0.25, -0.2) is 0 Å². The third kappa shape index (κ3) is 1.66. The van der Waals surface area contributed by atoms with E-state index in [1.807, 2.05) is 25.1 Å². The van der Waals surface area contributed by atoms with E-state index in [-0.39, 0.29) is 6.04 Å². The summed E-state index contributed by atoms with van der Waals surface area (Å²) in [6.45, 7) is 1.98. The standard InChI is InChI=1S/C12H14BrNO2/c1-7-2-3-8(4-10(7)13)12(11(15)16)5-9(14)6-12/h2-4,9H,5-6,14H2,1H3,(H,15,16). The van der Waals surface area contributed by atoms with E-state index in [9.17, 15) is 9.90 Å². The number of carbonyl (C=O) groups is 1. The van der Waals surface area contributed by atoms with Gasteiger partial charge >= 0.3 is 5.97 Å². The second kappa shape index (κ2) is 3.86. The van der Waals surface area contributed by atoms with Crippen molar-refractivity contribution in [2.45, 2.75) is 31.2 Å². The van der Waals surface area contributed by atoms with Crippen molar-refractivity contribution in [3.63, 3.8) is 0 Å². The number of halogens is 1. The zero-order valence-electron chi connectivity index (χ0n) is 9.03. The van der Waals surface area contributed by atoms with Crippen LogP contribution in [0.15, 0.2) is 22.7 Å². The van der Waals surface area contributed by atoms with Crippen LogP contribution >= 0.6 is 15.9 Å². The molecule has 4 heteroatoms. The van der Waals surface area contributed by atoms with Crippen molar-refractivity contribution in [3.8, 4) is 0 Å². The summed E-state index contributed by atoms with van der Waals surface area (Å²) in [5, 5.41) is 9.34. The van der Waals surface area contributed by atoms with E-state index in [4.69, 9.17) is 5.73 Å². The lowest BCUT2D eigenvalue weighted by Gasteiger charge is -2.43.